The zero-order chi connectivity index (χ0) is 10.3. The van der Waals surface area contributed by atoms with Gasteiger partial charge in [-0.15, -0.1) is 0 Å². The van der Waals surface area contributed by atoms with Crippen molar-refractivity contribution in [1.29, 1.82) is 0 Å². The van der Waals surface area contributed by atoms with Gasteiger partial charge in [0.15, 0.2) is 0 Å². The highest BCUT2D eigenvalue weighted by atomic mass is 79.9. The minimum Gasteiger partial charge on any atom is -0.298 e. The molecule has 1 aromatic heterocycles. The predicted molar refractivity (Wildman–Crippen MR) is 59.7 cm³/mol. The Morgan fingerprint density at radius 2 is 2.29 bits per heavy atom. The Labute approximate surface area is 91.6 Å². The lowest BCUT2D eigenvalue weighted by Gasteiger charge is -2.08. The van der Waals surface area contributed by atoms with Crippen LogP contribution in [0.2, 0.25) is 0 Å². The molecule has 78 valence electrons. The van der Waals surface area contributed by atoms with Crippen LogP contribution in [0.5, 0.6) is 0 Å². The molecule has 1 heterocycles. The summed E-state index contributed by atoms with van der Waals surface area (Å²) >= 11 is 3.37. The first-order chi connectivity index (χ1) is 6.65. The third-order valence-electron chi connectivity index (χ3n) is 2.90. The van der Waals surface area contributed by atoms with Gasteiger partial charge in [-0.2, -0.15) is 0 Å². The molecule has 1 N–H and O–H groups in total. The molecule has 2 rings (SSSR count). The Hall–Kier alpha value is -0.510. The highest BCUT2D eigenvalue weighted by molar-refractivity contribution is 9.10. The standard InChI is InChI=1S/C10H15BrN2O/c1-3-6(2)13-10(14)8(11)9(12-13)7-4-5-7/h6-7,12H,3-5H2,1-2H3. The minimum atomic E-state index is 0.0845. The van der Waals surface area contributed by atoms with Gasteiger partial charge in [0, 0.05) is 5.92 Å². The summed E-state index contributed by atoms with van der Waals surface area (Å²) in [5.74, 6) is 0.586. The monoisotopic (exact) mass is 258 g/mol. The van der Waals surface area contributed by atoms with Gasteiger partial charge in [-0.3, -0.25) is 9.89 Å². The van der Waals surface area contributed by atoms with Crippen LogP contribution < -0.4 is 5.56 Å². The molecule has 1 fully saturated rings. The summed E-state index contributed by atoms with van der Waals surface area (Å²) in [6.45, 7) is 4.14. The van der Waals surface area contributed by atoms with E-state index in [1.54, 1.807) is 4.68 Å². The lowest BCUT2D eigenvalue weighted by atomic mass is 10.3. The van der Waals surface area contributed by atoms with E-state index in [9.17, 15) is 4.79 Å². The quantitative estimate of drug-likeness (QED) is 0.890. The van der Waals surface area contributed by atoms with Gasteiger partial charge in [0.05, 0.1) is 11.7 Å². The van der Waals surface area contributed by atoms with E-state index in [1.807, 2.05) is 0 Å². The van der Waals surface area contributed by atoms with Gasteiger partial charge in [0.1, 0.15) is 4.47 Å². The molecule has 0 aromatic carbocycles. The number of hydrogen-bond donors (Lipinski definition) is 1. The van der Waals surface area contributed by atoms with Crippen LogP contribution >= 0.6 is 15.9 Å². The third-order valence-corrected chi connectivity index (χ3v) is 3.67. The molecule has 1 atom stereocenters. The lowest BCUT2D eigenvalue weighted by molar-refractivity contribution is 0.461. The molecule has 3 nitrogen and oxygen atoms in total. The fourth-order valence-electron chi connectivity index (χ4n) is 1.59. The van der Waals surface area contributed by atoms with E-state index in [2.05, 4.69) is 34.9 Å². The molecule has 1 aromatic rings. The van der Waals surface area contributed by atoms with Crippen molar-refractivity contribution >= 4 is 15.9 Å². The van der Waals surface area contributed by atoms with Crippen LogP contribution in [0.1, 0.15) is 50.8 Å². The molecule has 1 aliphatic rings. The molecule has 1 aliphatic carbocycles. The summed E-state index contributed by atoms with van der Waals surface area (Å²) in [4.78, 5) is 11.8. The summed E-state index contributed by atoms with van der Waals surface area (Å²) in [5.41, 5.74) is 1.18. The second-order valence-corrected chi connectivity index (χ2v) is 4.84. The number of aromatic nitrogens is 2. The number of halogens is 1. The number of nitrogens with zero attached hydrogens (tertiary/aromatic N) is 1. The van der Waals surface area contributed by atoms with Crippen LogP contribution in [-0.4, -0.2) is 9.78 Å². The van der Waals surface area contributed by atoms with E-state index < -0.39 is 0 Å². The molecule has 0 saturated heterocycles. The van der Waals surface area contributed by atoms with Crippen molar-refractivity contribution in [2.45, 2.75) is 45.1 Å². The van der Waals surface area contributed by atoms with E-state index in [1.165, 1.54) is 12.8 Å². The van der Waals surface area contributed by atoms with Crippen LogP contribution in [0.4, 0.5) is 0 Å². The molecular formula is C10H15BrN2O. The van der Waals surface area contributed by atoms with Gasteiger partial charge in [0.25, 0.3) is 5.56 Å². The molecule has 0 spiro atoms. The first-order valence-corrected chi connectivity index (χ1v) is 5.94. The molecule has 1 unspecified atom stereocenters. The number of aromatic amines is 1. The molecule has 14 heavy (non-hydrogen) atoms. The Bertz CT molecular complexity index is 389. The molecule has 0 amide bonds. The van der Waals surface area contributed by atoms with Gasteiger partial charge in [0.2, 0.25) is 0 Å². The normalized spacial score (nSPS) is 18.5. The van der Waals surface area contributed by atoms with E-state index >= 15 is 0 Å². The second kappa shape index (κ2) is 3.57. The van der Waals surface area contributed by atoms with Crippen molar-refractivity contribution in [1.82, 2.24) is 9.78 Å². The number of nitrogens with one attached hydrogen (secondary N) is 1. The van der Waals surface area contributed by atoms with Gasteiger partial charge in [-0.1, -0.05) is 6.92 Å². The maximum Gasteiger partial charge on any atom is 0.281 e. The van der Waals surface area contributed by atoms with Gasteiger partial charge in [-0.25, -0.2) is 4.68 Å². The first kappa shape index (κ1) is 10.0. The Morgan fingerprint density at radius 1 is 1.64 bits per heavy atom. The van der Waals surface area contributed by atoms with Gasteiger partial charge >= 0.3 is 0 Å². The average Bonchev–Trinajstić information content (AvgIpc) is 2.97. The Kier molecular flexibility index (Phi) is 2.56. The van der Waals surface area contributed by atoms with Crippen LogP contribution in [-0.2, 0) is 0 Å². The summed E-state index contributed by atoms with van der Waals surface area (Å²) in [7, 11) is 0. The fourth-order valence-corrected chi connectivity index (χ4v) is 2.19. The second-order valence-electron chi connectivity index (χ2n) is 4.05. The van der Waals surface area contributed by atoms with Crippen molar-refractivity contribution < 1.29 is 0 Å². The zero-order valence-corrected chi connectivity index (χ0v) is 10.1. The SMILES string of the molecule is CCC(C)n1[nH]c(C2CC2)c(Br)c1=O. The highest BCUT2D eigenvalue weighted by Crippen LogP contribution is 2.41. The number of rotatable bonds is 3. The van der Waals surface area contributed by atoms with E-state index in [0.717, 1.165) is 16.6 Å². The molecule has 0 aliphatic heterocycles. The topological polar surface area (TPSA) is 37.8 Å². The van der Waals surface area contributed by atoms with E-state index in [4.69, 9.17) is 0 Å². The van der Waals surface area contributed by atoms with Crippen LogP contribution in [0.15, 0.2) is 9.27 Å². The zero-order valence-electron chi connectivity index (χ0n) is 8.51. The van der Waals surface area contributed by atoms with Crippen LogP contribution in [0.3, 0.4) is 0 Å². The van der Waals surface area contributed by atoms with Crippen LogP contribution in [0.25, 0.3) is 0 Å². The fraction of sp³-hybridized carbons (Fsp3) is 0.700. The summed E-state index contributed by atoms with van der Waals surface area (Å²) in [5, 5.41) is 3.22. The maximum absolute atomic E-state index is 11.8. The smallest absolute Gasteiger partial charge is 0.281 e. The van der Waals surface area contributed by atoms with Crippen molar-refractivity contribution in [3.05, 3.63) is 20.5 Å². The van der Waals surface area contributed by atoms with Gasteiger partial charge in [-0.05, 0) is 42.1 Å². The lowest BCUT2D eigenvalue weighted by Crippen LogP contribution is -2.20. The van der Waals surface area contributed by atoms with Crippen molar-refractivity contribution in [3.8, 4) is 0 Å². The molecule has 0 radical (unpaired) electrons. The van der Waals surface area contributed by atoms with Gasteiger partial charge < -0.3 is 0 Å². The van der Waals surface area contributed by atoms with Crippen LogP contribution in [0, 0.1) is 0 Å². The molecular weight excluding hydrogens is 244 g/mol. The highest BCUT2D eigenvalue weighted by Gasteiger charge is 2.29. The first-order valence-electron chi connectivity index (χ1n) is 5.15. The summed E-state index contributed by atoms with van der Waals surface area (Å²) < 4.78 is 2.47. The molecule has 0 bridgehead atoms. The summed E-state index contributed by atoms with van der Waals surface area (Å²) in [6.07, 6.45) is 3.38. The molecule has 1 saturated carbocycles. The number of hydrogen-bond acceptors (Lipinski definition) is 1. The summed E-state index contributed by atoms with van der Waals surface area (Å²) in [6, 6.07) is 0.256. The van der Waals surface area contributed by atoms with E-state index in [-0.39, 0.29) is 11.6 Å². The minimum absolute atomic E-state index is 0.0845. The van der Waals surface area contributed by atoms with E-state index in [0.29, 0.717) is 5.92 Å². The Balaban J connectivity index is 2.41. The maximum atomic E-state index is 11.8. The van der Waals surface area contributed by atoms with Crippen molar-refractivity contribution in [2.24, 2.45) is 0 Å². The largest absolute Gasteiger partial charge is 0.298 e. The average molecular weight is 259 g/mol. The Morgan fingerprint density at radius 3 is 2.79 bits per heavy atom. The third kappa shape index (κ3) is 1.56. The number of H-pyrrole nitrogens is 1. The van der Waals surface area contributed by atoms with Crippen molar-refractivity contribution in [2.75, 3.05) is 0 Å². The predicted octanol–water partition coefficient (Wildman–Crippen LogP) is 2.79. The van der Waals surface area contributed by atoms with Crippen molar-refractivity contribution in [3.63, 3.8) is 0 Å². The molecule has 4 heteroatoms.